The molecule has 0 spiro atoms. The summed E-state index contributed by atoms with van der Waals surface area (Å²) in [6.07, 6.45) is 0.992. The van der Waals surface area contributed by atoms with Gasteiger partial charge in [-0.2, -0.15) is 0 Å². The minimum atomic E-state index is -0.441. The highest BCUT2D eigenvalue weighted by atomic mass is 19.1. The Morgan fingerprint density at radius 2 is 2.12 bits per heavy atom. The van der Waals surface area contributed by atoms with E-state index in [-0.39, 0.29) is 5.75 Å². The SMILES string of the molecule is COc1cc(NCCCN(C)C)c(N)cc1F. The van der Waals surface area contributed by atoms with Gasteiger partial charge in [0.1, 0.15) is 0 Å². The summed E-state index contributed by atoms with van der Waals surface area (Å²) >= 11 is 0. The van der Waals surface area contributed by atoms with Crippen molar-refractivity contribution in [2.24, 2.45) is 0 Å². The van der Waals surface area contributed by atoms with E-state index in [9.17, 15) is 4.39 Å². The van der Waals surface area contributed by atoms with Crippen LogP contribution in [0, 0.1) is 5.82 Å². The van der Waals surface area contributed by atoms with Gasteiger partial charge >= 0.3 is 0 Å². The number of nitrogens with two attached hydrogens (primary N) is 1. The zero-order valence-corrected chi connectivity index (χ0v) is 10.6. The third-order valence-corrected chi connectivity index (χ3v) is 2.42. The molecular formula is C12H20FN3O. The maximum Gasteiger partial charge on any atom is 0.167 e. The Morgan fingerprint density at radius 3 is 2.71 bits per heavy atom. The van der Waals surface area contributed by atoms with Gasteiger partial charge in [-0.15, -0.1) is 0 Å². The molecule has 4 nitrogen and oxygen atoms in total. The molecule has 3 N–H and O–H groups in total. The van der Waals surface area contributed by atoms with Crippen LogP contribution in [0.5, 0.6) is 5.75 Å². The average molecular weight is 241 g/mol. The highest BCUT2D eigenvalue weighted by Crippen LogP contribution is 2.27. The van der Waals surface area contributed by atoms with Crippen LogP contribution in [0.15, 0.2) is 12.1 Å². The second kappa shape index (κ2) is 6.30. The summed E-state index contributed by atoms with van der Waals surface area (Å²) < 4.78 is 18.2. The van der Waals surface area contributed by atoms with Gasteiger partial charge in [0.25, 0.3) is 0 Å². The molecule has 1 rings (SSSR count). The molecular weight excluding hydrogens is 221 g/mol. The number of nitrogens with zero attached hydrogens (tertiary/aromatic N) is 1. The molecule has 0 aromatic heterocycles. The predicted molar refractivity (Wildman–Crippen MR) is 69.0 cm³/mol. The lowest BCUT2D eigenvalue weighted by Crippen LogP contribution is -2.16. The lowest BCUT2D eigenvalue weighted by Gasteiger charge is -2.13. The minimum Gasteiger partial charge on any atom is -0.494 e. The van der Waals surface area contributed by atoms with E-state index in [1.165, 1.54) is 13.2 Å². The van der Waals surface area contributed by atoms with Gasteiger partial charge in [-0.1, -0.05) is 0 Å². The zero-order valence-electron chi connectivity index (χ0n) is 10.6. The van der Waals surface area contributed by atoms with Gasteiger partial charge < -0.3 is 20.7 Å². The summed E-state index contributed by atoms with van der Waals surface area (Å²) in [4.78, 5) is 2.11. The molecule has 0 saturated heterocycles. The van der Waals surface area contributed by atoms with Gasteiger partial charge in [0, 0.05) is 18.7 Å². The van der Waals surface area contributed by atoms with E-state index in [0.29, 0.717) is 11.4 Å². The van der Waals surface area contributed by atoms with Gasteiger partial charge in [0.2, 0.25) is 0 Å². The summed E-state index contributed by atoms with van der Waals surface area (Å²) in [5, 5.41) is 3.17. The van der Waals surface area contributed by atoms with E-state index < -0.39 is 5.82 Å². The summed E-state index contributed by atoms with van der Waals surface area (Å²) in [5.74, 6) is -0.238. The maximum absolute atomic E-state index is 13.3. The third-order valence-electron chi connectivity index (χ3n) is 2.42. The number of hydrogen-bond acceptors (Lipinski definition) is 4. The molecule has 0 atom stereocenters. The van der Waals surface area contributed by atoms with Gasteiger partial charge in [-0.3, -0.25) is 0 Å². The van der Waals surface area contributed by atoms with E-state index in [4.69, 9.17) is 10.5 Å². The first-order valence-corrected chi connectivity index (χ1v) is 5.56. The van der Waals surface area contributed by atoms with Crippen molar-refractivity contribution in [1.29, 1.82) is 0 Å². The van der Waals surface area contributed by atoms with Crippen LogP contribution in [0.2, 0.25) is 0 Å². The van der Waals surface area contributed by atoms with Crippen molar-refractivity contribution in [3.05, 3.63) is 17.9 Å². The second-order valence-electron chi connectivity index (χ2n) is 4.16. The van der Waals surface area contributed by atoms with Crippen LogP contribution >= 0.6 is 0 Å². The Bertz CT molecular complexity index is 369. The molecule has 0 amide bonds. The zero-order chi connectivity index (χ0) is 12.8. The van der Waals surface area contributed by atoms with E-state index in [2.05, 4.69) is 10.2 Å². The van der Waals surface area contributed by atoms with Crippen LogP contribution < -0.4 is 15.8 Å². The number of halogens is 1. The van der Waals surface area contributed by atoms with Gasteiger partial charge in [-0.25, -0.2) is 4.39 Å². The summed E-state index contributed by atoms with van der Waals surface area (Å²) in [7, 11) is 5.48. The molecule has 96 valence electrons. The van der Waals surface area contributed by atoms with E-state index in [1.807, 2.05) is 14.1 Å². The Labute approximate surface area is 102 Å². The van der Waals surface area contributed by atoms with E-state index in [1.54, 1.807) is 6.07 Å². The second-order valence-corrected chi connectivity index (χ2v) is 4.16. The van der Waals surface area contributed by atoms with Gasteiger partial charge in [0.15, 0.2) is 11.6 Å². The normalized spacial score (nSPS) is 10.6. The van der Waals surface area contributed by atoms with Crippen molar-refractivity contribution in [2.75, 3.05) is 45.3 Å². The number of anilines is 2. The van der Waals surface area contributed by atoms with Crippen molar-refractivity contribution in [1.82, 2.24) is 4.90 Å². The Balaban J connectivity index is 2.58. The first kappa shape index (κ1) is 13.6. The molecule has 0 radical (unpaired) electrons. The summed E-state index contributed by atoms with van der Waals surface area (Å²) in [6, 6.07) is 2.85. The van der Waals surface area contributed by atoms with Gasteiger partial charge in [-0.05, 0) is 27.1 Å². The molecule has 5 heteroatoms. The number of ether oxygens (including phenoxy) is 1. The topological polar surface area (TPSA) is 50.5 Å². The molecule has 0 unspecified atom stereocenters. The largest absolute Gasteiger partial charge is 0.494 e. The molecule has 17 heavy (non-hydrogen) atoms. The van der Waals surface area contributed by atoms with Crippen molar-refractivity contribution < 1.29 is 9.13 Å². The number of nitrogens with one attached hydrogen (secondary N) is 1. The Kier molecular flexibility index (Phi) is 5.03. The number of hydrogen-bond donors (Lipinski definition) is 2. The molecule has 0 saturated carbocycles. The molecule has 0 aliphatic carbocycles. The van der Waals surface area contributed by atoms with Crippen molar-refractivity contribution in [2.45, 2.75) is 6.42 Å². The number of nitrogen functional groups attached to an aromatic ring is 1. The quantitative estimate of drug-likeness (QED) is 0.589. The smallest absolute Gasteiger partial charge is 0.167 e. The summed E-state index contributed by atoms with van der Waals surface area (Å²) in [6.45, 7) is 1.78. The lowest BCUT2D eigenvalue weighted by atomic mass is 10.2. The lowest BCUT2D eigenvalue weighted by molar-refractivity contribution is 0.387. The average Bonchev–Trinajstić information content (AvgIpc) is 2.26. The van der Waals surface area contributed by atoms with Crippen molar-refractivity contribution >= 4 is 11.4 Å². The van der Waals surface area contributed by atoms with Crippen LogP contribution in [0.3, 0.4) is 0 Å². The highest BCUT2D eigenvalue weighted by Gasteiger charge is 2.07. The summed E-state index contributed by atoms with van der Waals surface area (Å²) in [5.41, 5.74) is 6.83. The standard InChI is InChI=1S/C12H20FN3O/c1-16(2)6-4-5-15-11-8-12(17-3)9(13)7-10(11)14/h7-8,15H,4-6,14H2,1-3H3. The van der Waals surface area contributed by atoms with Crippen LogP contribution in [-0.2, 0) is 0 Å². The maximum atomic E-state index is 13.3. The number of rotatable bonds is 6. The monoisotopic (exact) mass is 241 g/mol. The van der Waals surface area contributed by atoms with E-state index in [0.717, 1.165) is 19.5 Å². The Hall–Kier alpha value is -1.49. The molecule has 0 aliphatic rings. The van der Waals surface area contributed by atoms with Crippen LogP contribution in [-0.4, -0.2) is 39.2 Å². The van der Waals surface area contributed by atoms with Crippen LogP contribution in [0.1, 0.15) is 6.42 Å². The molecule has 0 bridgehead atoms. The minimum absolute atomic E-state index is 0.203. The highest BCUT2D eigenvalue weighted by molar-refractivity contribution is 5.68. The van der Waals surface area contributed by atoms with E-state index >= 15 is 0 Å². The van der Waals surface area contributed by atoms with Crippen LogP contribution in [0.4, 0.5) is 15.8 Å². The molecule has 1 aromatic rings. The predicted octanol–water partition coefficient (Wildman–Crippen LogP) is 1.78. The number of benzene rings is 1. The fraction of sp³-hybridized carbons (Fsp3) is 0.500. The molecule has 0 fully saturated rings. The fourth-order valence-corrected chi connectivity index (χ4v) is 1.50. The third kappa shape index (κ3) is 4.11. The van der Waals surface area contributed by atoms with Gasteiger partial charge in [0.05, 0.1) is 18.5 Å². The van der Waals surface area contributed by atoms with Crippen molar-refractivity contribution in [3.8, 4) is 5.75 Å². The Morgan fingerprint density at radius 1 is 1.41 bits per heavy atom. The molecule has 1 aromatic carbocycles. The van der Waals surface area contributed by atoms with Crippen molar-refractivity contribution in [3.63, 3.8) is 0 Å². The van der Waals surface area contributed by atoms with Crippen LogP contribution in [0.25, 0.3) is 0 Å². The first-order chi connectivity index (χ1) is 8.04. The molecule has 0 heterocycles. The fourth-order valence-electron chi connectivity index (χ4n) is 1.50. The first-order valence-electron chi connectivity index (χ1n) is 5.56. The number of methoxy groups -OCH3 is 1. The molecule has 0 aliphatic heterocycles.